The number of carbonyl (C=O) groups is 2. The van der Waals surface area contributed by atoms with Gasteiger partial charge < -0.3 is 25.2 Å². The van der Waals surface area contributed by atoms with E-state index in [9.17, 15) is 9.59 Å². The summed E-state index contributed by atoms with van der Waals surface area (Å²) in [6.07, 6.45) is 4.44. The van der Waals surface area contributed by atoms with Crippen molar-refractivity contribution in [2.24, 2.45) is 10.9 Å². The van der Waals surface area contributed by atoms with E-state index in [1.807, 2.05) is 11.8 Å². The first-order valence-electron chi connectivity index (χ1n) is 11.0. The number of guanidine groups is 1. The van der Waals surface area contributed by atoms with Gasteiger partial charge in [-0.1, -0.05) is 13.8 Å². The molecule has 0 saturated carbocycles. The number of hydrogen-bond donors (Lipinski definition) is 2. The Balaban J connectivity index is 2.56. The van der Waals surface area contributed by atoms with Gasteiger partial charge in [0.25, 0.3) is 0 Å². The van der Waals surface area contributed by atoms with Crippen molar-refractivity contribution in [3.63, 3.8) is 0 Å². The maximum Gasteiger partial charge on any atom is 0.243 e. The van der Waals surface area contributed by atoms with Gasteiger partial charge in [-0.2, -0.15) is 0 Å². The third kappa shape index (κ3) is 9.47. The van der Waals surface area contributed by atoms with Crippen molar-refractivity contribution >= 4 is 17.8 Å². The third-order valence-corrected chi connectivity index (χ3v) is 5.32. The summed E-state index contributed by atoms with van der Waals surface area (Å²) in [5.74, 6) is 1.04. The summed E-state index contributed by atoms with van der Waals surface area (Å²) in [4.78, 5) is 32.5. The smallest absolute Gasteiger partial charge is 0.243 e. The lowest BCUT2D eigenvalue weighted by Gasteiger charge is -2.35. The van der Waals surface area contributed by atoms with Crippen LogP contribution in [0.25, 0.3) is 0 Å². The van der Waals surface area contributed by atoms with Gasteiger partial charge in [0.15, 0.2) is 5.96 Å². The normalized spacial score (nSPS) is 15.5. The second kappa shape index (κ2) is 14.2. The number of carbonyl (C=O) groups excluding carboxylic acids is 2. The summed E-state index contributed by atoms with van der Waals surface area (Å²) in [6.45, 7) is 9.92. The van der Waals surface area contributed by atoms with E-state index < -0.39 is 0 Å². The van der Waals surface area contributed by atoms with Crippen LogP contribution in [0.2, 0.25) is 0 Å². The highest BCUT2D eigenvalue weighted by Crippen LogP contribution is 2.17. The number of likely N-dealkylation sites (N-methyl/N-ethyl adjacent to an activating group) is 1. The molecule has 29 heavy (non-hydrogen) atoms. The molecule has 0 bridgehead atoms. The molecular weight excluding hydrogens is 370 g/mol. The Labute approximate surface area is 176 Å². The maximum absolute atomic E-state index is 12.6. The molecule has 1 fully saturated rings. The van der Waals surface area contributed by atoms with E-state index in [1.54, 1.807) is 14.1 Å². The van der Waals surface area contributed by atoms with Gasteiger partial charge in [0, 0.05) is 58.9 Å². The Bertz CT molecular complexity index is 512. The molecule has 0 unspecified atom stereocenters. The Hall–Kier alpha value is -1.83. The van der Waals surface area contributed by atoms with Crippen molar-refractivity contribution in [3.8, 4) is 0 Å². The highest BCUT2D eigenvalue weighted by Gasteiger charge is 2.26. The zero-order valence-electron chi connectivity index (χ0n) is 19.0. The van der Waals surface area contributed by atoms with Crippen LogP contribution in [-0.2, 0) is 14.3 Å². The molecule has 0 aromatic heterocycles. The molecule has 0 aromatic carbocycles. The Morgan fingerprint density at radius 2 is 1.83 bits per heavy atom. The summed E-state index contributed by atoms with van der Waals surface area (Å²) in [5.41, 5.74) is 0. The van der Waals surface area contributed by atoms with Crippen LogP contribution in [0.15, 0.2) is 4.99 Å². The number of rotatable bonds is 11. The monoisotopic (exact) mass is 411 g/mol. The Kier molecular flexibility index (Phi) is 12.3. The molecular formula is C21H41N5O3. The van der Waals surface area contributed by atoms with Crippen molar-refractivity contribution in [3.05, 3.63) is 0 Å². The molecule has 0 radical (unpaired) electrons. The molecule has 168 valence electrons. The number of nitrogens with one attached hydrogen (secondary N) is 2. The Morgan fingerprint density at radius 3 is 2.38 bits per heavy atom. The van der Waals surface area contributed by atoms with Crippen molar-refractivity contribution in [1.29, 1.82) is 0 Å². The number of amides is 2. The van der Waals surface area contributed by atoms with Gasteiger partial charge in [0.2, 0.25) is 11.8 Å². The quantitative estimate of drug-likeness (QED) is 0.305. The summed E-state index contributed by atoms with van der Waals surface area (Å²) < 4.78 is 5.37. The van der Waals surface area contributed by atoms with Gasteiger partial charge in [0.05, 0.1) is 0 Å². The van der Waals surface area contributed by atoms with E-state index in [-0.39, 0.29) is 30.3 Å². The van der Waals surface area contributed by atoms with Gasteiger partial charge in [0.1, 0.15) is 6.54 Å². The van der Waals surface area contributed by atoms with E-state index in [4.69, 9.17) is 4.74 Å². The fraction of sp³-hybridized carbons (Fsp3) is 0.857. The number of aliphatic imine (C=N–C) groups is 1. The number of piperidine rings is 1. The zero-order chi connectivity index (χ0) is 21.6. The van der Waals surface area contributed by atoms with E-state index in [0.29, 0.717) is 19.2 Å². The molecule has 1 aliphatic rings. The topological polar surface area (TPSA) is 86.3 Å². The molecule has 1 saturated heterocycles. The first kappa shape index (κ1) is 25.2. The van der Waals surface area contributed by atoms with Crippen LogP contribution in [0.3, 0.4) is 0 Å². The lowest BCUT2D eigenvalue weighted by molar-refractivity contribution is -0.136. The lowest BCUT2D eigenvalue weighted by atomic mass is 9.98. The van der Waals surface area contributed by atoms with Gasteiger partial charge in [-0.05, 0) is 39.0 Å². The van der Waals surface area contributed by atoms with Crippen molar-refractivity contribution in [2.45, 2.75) is 58.9 Å². The van der Waals surface area contributed by atoms with Crippen LogP contribution in [0.1, 0.15) is 52.9 Å². The van der Waals surface area contributed by atoms with Crippen LogP contribution < -0.4 is 10.6 Å². The molecule has 0 atom stereocenters. The minimum atomic E-state index is -0.0361. The molecule has 1 aliphatic heterocycles. The van der Waals surface area contributed by atoms with Crippen LogP contribution in [-0.4, -0.2) is 87.1 Å². The highest BCUT2D eigenvalue weighted by molar-refractivity contribution is 5.85. The molecule has 8 heteroatoms. The molecule has 2 N–H and O–H groups in total. The standard InChI is InChI=1S/C21H41N5O3/c1-6-17(7-2)20(28)26-13-10-18(11-14-26)24-21(22-12-9-15-29-8-3)23-16-19(27)25(4)5/h17-18H,6-16H2,1-5H3,(H2,22,23,24). The zero-order valence-corrected chi connectivity index (χ0v) is 19.0. The number of hydrogen-bond acceptors (Lipinski definition) is 4. The van der Waals surface area contributed by atoms with Gasteiger partial charge in [-0.15, -0.1) is 0 Å². The molecule has 2 amide bonds. The van der Waals surface area contributed by atoms with E-state index in [2.05, 4.69) is 29.5 Å². The number of likely N-dealkylation sites (tertiary alicyclic amines) is 1. The largest absolute Gasteiger partial charge is 0.382 e. The minimum absolute atomic E-state index is 0.0361. The van der Waals surface area contributed by atoms with E-state index >= 15 is 0 Å². The van der Waals surface area contributed by atoms with E-state index in [0.717, 1.165) is 51.7 Å². The van der Waals surface area contributed by atoms with E-state index in [1.165, 1.54) is 4.90 Å². The molecule has 8 nitrogen and oxygen atoms in total. The predicted octanol–water partition coefficient (Wildman–Crippen LogP) is 1.46. The van der Waals surface area contributed by atoms with Gasteiger partial charge in [-0.25, -0.2) is 4.99 Å². The average Bonchev–Trinajstić information content (AvgIpc) is 2.72. The second-order valence-electron chi connectivity index (χ2n) is 7.69. The third-order valence-electron chi connectivity index (χ3n) is 5.32. The van der Waals surface area contributed by atoms with Gasteiger partial charge in [-0.3, -0.25) is 9.59 Å². The SMILES string of the molecule is CCOCCCNC(=NCC(=O)N(C)C)NC1CCN(C(=O)C(CC)CC)CC1. The van der Waals surface area contributed by atoms with Crippen molar-refractivity contribution in [2.75, 3.05) is 53.5 Å². The summed E-state index contributed by atoms with van der Waals surface area (Å²) >= 11 is 0. The summed E-state index contributed by atoms with van der Waals surface area (Å²) in [6, 6.07) is 0.244. The fourth-order valence-corrected chi connectivity index (χ4v) is 3.30. The minimum Gasteiger partial charge on any atom is -0.382 e. The predicted molar refractivity (Wildman–Crippen MR) is 117 cm³/mol. The number of nitrogens with zero attached hydrogens (tertiary/aromatic N) is 3. The van der Waals surface area contributed by atoms with Crippen molar-refractivity contribution < 1.29 is 14.3 Å². The van der Waals surface area contributed by atoms with Crippen molar-refractivity contribution in [1.82, 2.24) is 20.4 Å². The molecule has 1 heterocycles. The lowest BCUT2D eigenvalue weighted by Crippen LogP contribution is -2.51. The molecule has 0 spiro atoms. The number of ether oxygens (including phenoxy) is 1. The molecule has 0 aliphatic carbocycles. The van der Waals surface area contributed by atoms with Crippen LogP contribution in [0.4, 0.5) is 0 Å². The highest BCUT2D eigenvalue weighted by atomic mass is 16.5. The van der Waals surface area contributed by atoms with Crippen LogP contribution >= 0.6 is 0 Å². The summed E-state index contributed by atoms with van der Waals surface area (Å²) in [5, 5.41) is 6.75. The van der Waals surface area contributed by atoms with Crippen LogP contribution in [0.5, 0.6) is 0 Å². The Morgan fingerprint density at radius 1 is 1.17 bits per heavy atom. The molecule has 0 aromatic rings. The van der Waals surface area contributed by atoms with Crippen LogP contribution in [0, 0.1) is 5.92 Å². The first-order chi connectivity index (χ1) is 13.9. The summed E-state index contributed by atoms with van der Waals surface area (Å²) in [7, 11) is 3.46. The average molecular weight is 412 g/mol. The van der Waals surface area contributed by atoms with Gasteiger partial charge >= 0.3 is 0 Å². The maximum atomic E-state index is 12.6. The molecule has 1 rings (SSSR count). The first-order valence-corrected chi connectivity index (χ1v) is 11.0. The second-order valence-corrected chi connectivity index (χ2v) is 7.69. The fourth-order valence-electron chi connectivity index (χ4n) is 3.30.